The first-order chi connectivity index (χ1) is 7.49. The largest absolute Gasteiger partial charge is 0.424 e. The van der Waals surface area contributed by atoms with Crippen LogP contribution in [0.1, 0.15) is 13.8 Å². The Kier molecular flexibility index (Phi) is 2.30. The van der Waals surface area contributed by atoms with Crippen molar-refractivity contribution in [3.8, 4) is 0 Å². The molecule has 0 radical (unpaired) electrons. The minimum absolute atomic E-state index is 0.296. The fourth-order valence-corrected chi connectivity index (χ4v) is 1.25. The third-order valence-corrected chi connectivity index (χ3v) is 2.33. The second-order valence-electron chi connectivity index (χ2n) is 4.10. The van der Waals surface area contributed by atoms with E-state index in [1.165, 1.54) is 0 Å². The summed E-state index contributed by atoms with van der Waals surface area (Å²) >= 11 is 0. The Bertz CT molecular complexity index is 498. The maximum Gasteiger partial charge on any atom is 0.296 e. The van der Waals surface area contributed by atoms with Crippen molar-refractivity contribution in [2.45, 2.75) is 19.4 Å². The highest BCUT2D eigenvalue weighted by atomic mass is 16.4. The number of oxazole rings is 1. The van der Waals surface area contributed by atoms with Crippen molar-refractivity contribution in [1.29, 1.82) is 0 Å². The minimum atomic E-state index is -0.888. The summed E-state index contributed by atoms with van der Waals surface area (Å²) < 4.78 is 5.42. The number of carbonyl (C=O) groups is 1. The Morgan fingerprint density at radius 3 is 2.75 bits per heavy atom. The van der Waals surface area contributed by atoms with Gasteiger partial charge in [0.2, 0.25) is 5.91 Å². The van der Waals surface area contributed by atoms with Gasteiger partial charge >= 0.3 is 0 Å². The molecule has 3 N–H and O–H groups in total. The molecule has 0 aliphatic rings. The zero-order valence-electron chi connectivity index (χ0n) is 9.15. The van der Waals surface area contributed by atoms with E-state index in [9.17, 15) is 4.79 Å². The average molecular weight is 219 g/mol. The van der Waals surface area contributed by atoms with E-state index >= 15 is 0 Å². The molecule has 1 amide bonds. The average Bonchev–Trinajstić information content (AvgIpc) is 2.58. The van der Waals surface area contributed by atoms with Crippen molar-refractivity contribution in [2.24, 2.45) is 5.73 Å². The summed E-state index contributed by atoms with van der Waals surface area (Å²) in [6.45, 7) is 3.34. The molecule has 1 aromatic heterocycles. The van der Waals surface area contributed by atoms with E-state index in [-0.39, 0.29) is 0 Å². The Morgan fingerprint density at radius 1 is 1.44 bits per heavy atom. The van der Waals surface area contributed by atoms with Crippen LogP contribution in [0.15, 0.2) is 28.7 Å². The number of hydrogen-bond acceptors (Lipinski definition) is 4. The van der Waals surface area contributed by atoms with Crippen LogP contribution in [-0.4, -0.2) is 16.4 Å². The molecule has 0 saturated heterocycles. The molecule has 16 heavy (non-hydrogen) atoms. The molecular formula is C11H13N3O2. The van der Waals surface area contributed by atoms with Crippen LogP contribution in [0, 0.1) is 0 Å². The summed E-state index contributed by atoms with van der Waals surface area (Å²) in [6.07, 6.45) is 0. The smallest absolute Gasteiger partial charge is 0.296 e. The normalized spacial score (nSPS) is 11.6. The molecule has 2 aromatic rings. The first kappa shape index (κ1) is 10.5. The molecule has 84 valence electrons. The molecule has 0 spiro atoms. The zero-order chi connectivity index (χ0) is 11.8. The number of nitrogens with two attached hydrogens (primary N) is 1. The van der Waals surface area contributed by atoms with E-state index in [1.807, 2.05) is 24.3 Å². The molecule has 0 fully saturated rings. The predicted octanol–water partition coefficient (Wildman–Crippen LogP) is 1.50. The molecule has 5 heteroatoms. The molecular weight excluding hydrogens is 206 g/mol. The highest BCUT2D eigenvalue weighted by Crippen LogP contribution is 2.20. The van der Waals surface area contributed by atoms with Crippen LogP contribution in [0.2, 0.25) is 0 Å². The lowest BCUT2D eigenvalue weighted by Gasteiger charge is -2.20. The van der Waals surface area contributed by atoms with Crippen molar-refractivity contribution in [2.75, 3.05) is 5.32 Å². The highest BCUT2D eigenvalue weighted by molar-refractivity contribution is 5.86. The molecule has 1 aromatic carbocycles. The molecule has 0 aliphatic heterocycles. The molecule has 0 aliphatic carbocycles. The number of primary amides is 1. The molecule has 0 saturated carbocycles. The number of carbonyl (C=O) groups excluding carboxylic acids is 1. The highest BCUT2D eigenvalue weighted by Gasteiger charge is 2.26. The number of anilines is 1. The number of amides is 1. The molecule has 0 bridgehead atoms. The summed E-state index contributed by atoms with van der Waals surface area (Å²) in [7, 11) is 0. The number of benzene rings is 1. The van der Waals surface area contributed by atoms with Crippen LogP contribution >= 0.6 is 0 Å². The van der Waals surface area contributed by atoms with Gasteiger partial charge in [-0.25, -0.2) is 0 Å². The summed E-state index contributed by atoms with van der Waals surface area (Å²) in [5, 5.41) is 2.85. The molecule has 1 heterocycles. The number of para-hydroxylation sites is 2. The van der Waals surface area contributed by atoms with Gasteiger partial charge in [-0.3, -0.25) is 4.79 Å². The van der Waals surface area contributed by atoms with Gasteiger partial charge in [0.15, 0.2) is 5.58 Å². The van der Waals surface area contributed by atoms with Gasteiger partial charge in [0, 0.05) is 0 Å². The first-order valence-electron chi connectivity index (χ1n) is 4.93. The fraction of sp³-hybridized carbons (Fsp3) is 0.273. The SMILES string of the molecule is CC(C)(Nc1nc2ccccc2o1)C(N)=O. The van der Waals surface area contributed by atoms with Crippen molar-refractivity contribution in [3.63, 3.8) is 0 Å². The van der Waals surface area contributed by atoms with Gasteiger partial charge in [0.05, 0.1) is 0 Å². The van der Waals surface area contributed by atoms with Gasteiger partial charge in [-0.05, 0) is 26.0 Å². The Hall–Kier alpha value is -2.04. The van der Waals surface area contributed by atoms with E-state index in [0.29, 0.717) is 11.6 Å². The van der Waals surface area contributed by atoms with Gasteiger partial charge in [0.1, 0.15) is 11.1 Å². The van der Waals surface area contributed by atoms with Crippen molar-refractivity contribution in [3.05, 3.63) is 24.3 Å². The number of hydrogen-bond donors (Lipinski definition) is 2. The van der Waals surface area contributed by atoms with Gasteiger partial charge in [-0.2, -0.15) is 4.98 Å². The molecule has 2 rings (SSSR count). The zero-order valence-corrected chi connectivity index (χ0v) is 9.15. The Morgan fingerprint density at radius 2 is 2.12 bits per heavy atom. The fourth-order valence-electron chi connectivity index (χ4n) is 1.25. The van der Waals surface area contributed by atoms with Crippen LogP contribution in [0.5, 0.6) is 0 Å². The Balaban J connectivity index is 2.32. The summed E-state index contributed by atoms with van der Waals surface area (Å²) in [5.41, 5.74) is 5.77. The first-order valence-corrected chi connectivity index (χ1v) is 4.93. The van der Waals surface area contributed by atoms with Gasteiger partial charge < -0.3 is 15.5 Å². The number of rotatable bonds is 3. The van der Waals surface area contributed by atoms with Crippen LogP contribution < -0.4 is 11.1 Å². The second kappa shape index (κ2) is 3.52. The van der Waals surface area contributed by atoms with Gasteiger partial charge in [0.25, 0.3) is 6.01 Å². The van der Waals surface area contributed by atoms with Crippen LogP contribution in [0.4, 0.5) is 6.01 Å². The van der Waals surface area contributed by atoms with Crippen molar-refractivity contribution < 1.29 is 9.21 Å². The van der Waals surface area contributed by atoms with Gasteiger partial charge in [-0.1, -0.05) is 12.1 Å². The lowest BCUT2D eigenvalue weighted by atomic mass is 10.1. The topological polar surface area (TPSA) is 81.2 Å². The summed E-state index contributed by atoms with van der Waals surface area (Å²) in [5.74, 6) is -0.463. The van der Waals surface area contributed by atoms with Crippen molar-refractivity contribution in [1.82, 2.24) is 4.98 Å². The molecule has 0 unspecified atom stereocenters. The summed E-state index contributed by atoms with van der Waals surface area (Å²) in [4.78, 5) is 15.3. The van der Waals surface area contributed by atoms with Gasteiger partial charge in [-0.15, -0.1) is 0 Å². The van der Waals surface area contributed by atoms with E-state index in [1.54, 1.807) is 13.8 Å². The third-order valence-electron chi connectivity index (χ3n) is 2.33. The monoisotopic (exact) mass is 219 g/mol. The van der Waals surface area contributed by atoms with Crippen LogP contribution in [-0.2, 0) is 4.79 Å². The van der Waals surface area contributed by atoms with Crippen LogP contribution in [0.3, 0.4) is 0 Å². The number of nitrogens with one attached hydrogen (secondary N) is 1. The number of aromatic nitrogens is 1. The lowest BCUT2D eigenvalue weighted by molar-refractivity contribution is -0.121. The Labute approximate surface area is 92.6 Å². The van der Waals surface area contributed by atoms with E-state index < -0.39 is 11.4 Å². The van der Waals surface area contributed by atoms with E-state index in [0.717, 1.165) is 5.52 Å². The quantitative estimate of drug-likeness (QED) is 0.819. The standard InChI is InChI=1S/C11H13N3O2/c1-11(2,9(12)15)14-10-13-7-5-3-4-6-8(7)16-10/h3-6H,1-2H3,(H2,12,15)(H,13,14). The molecule has 5 nitrogen and oxygen atoms in total. The number of fused-ring (bicyclic) bond motifs is 1. The number of nitrogens with zero attached hydrogens (tertiary/aromatic N) is 1. The maximum atomic E-state index is 11.1. The lowest BCUT2D eigenvalue weighted by Crippen LogP contribution is -2.45. The van der Waals surface area contributed by atoms with E-state index in [2.05, 4.69) is 10.3 Å². The second-order valence-corrected chi connectivity index (χ2v) is 4.10. The summed E-state index contributed by atoms with van der Waals surface area (Å²) in [6, 6.07) is 7.67. The maximum absolute atomic E-state index is 11.1. The molecule has 0 atom stereocenters. The van der Waals surface area contributed by atoms with Crippen molar-refractivity contribution >= 4 is 23.0 Å². The van der Waals surface area contributed by atoms with E-state index in [4.69, 9.17) is 10.2 Å². The minimum Gasteiger partial charge on any atom is -0.424 e. The van der Waals surface area contributed by atoms with Crippen LogP contribution in [0.25, 0.3) is 11.1 Å². The third kappa shape index (κ3) is 1.84. The predicted molar refractivity (Wildman–Crippen MR) is 60.9 cm³/mol.